The number of nitrogens with one attached hydrogen (secondary N) is 1. The van der Waals surface area contributed by atoms with E-state index in [1.165, 1.54) is 7.11 Å². The lowest BCUT2D eigenvalue weighted by molar-refractivity contribution is -0.142. The molecule has 0 aliphatic carbocycles. The highest BCUT2D eigenvalue weighted by Crippen LogP contribution is 2.35. The number of para-hydroxylation sites is 1. The van der Waals surface area contributed by atoms with E-state index < -0.39 is 12.0 Å². The Labute approximate surface area is 202 Å². The summed E-state index contributed by atoms with van der Waals surface area (Å²) in [5.41, 5.74) is 9.72. The maximum absolute atomic E-state index is 12.3. The predicted octanol–water partition coefficient (Wildman–Crippen LogP) is 5.09. The molecule has 0 saturated carbocycles. The molecule has 4 rings (SSSR count). The Morgan fingerprint density at radius 3 is 2.55 bits per heavy atom. The average molecular weight is 485 g/mol. The number of fused-ring (bicyclic) bond motifs is 1. The summed E-state index contributed by atoms with van der Waals surface area (Å²) in [6, 6.07) is 19.4. The zero-order valence-electron chi connectivity index (χ0n) is 17.7. The number of halogens is 2. The molecule has 170 valence electrons. The lowest BCUT2D eigenvalue weighted by Gasteiger charge is -2.11. The number of carbonyl (C=O) groups is 2. The van der Waals surface area contributed by atoms with E-state index in [1.54, 1.807) is 30.3 Å². The minimum atomic E-state index is -0.711. The molecule has 0 fully saturated rings. The summed E-state index contributed by atoms with van der Waals surface area (Å²) in [5.74, 6) is 0.488. The molecule has 0 aromatic heterocycles. The summed E-state index contributed by atoms with van der Waals surface area (Å²) in [4.78, 5) is 23.8. The fraction of sp³-hybridized carbons (Fsp3) is 0.120. The highest BCUT2D eigenvalue weighted by molar-refractivity contribution is 6.35. The van der Waals surface area contributed by atoms with Gasteiger partial charge in [0.1, 0.15) is 17.5 Å². The molecule has 6 nitrogen and oxygen atoms in total. The second kappa shape index (κ2) is 10.5. The van der Waals surface area contributed by atoms with Crippen LogP contribution in [-0.4, -0.2) is 25.0 Å². The molecule has 1 heterocycles. The fourth-order valence-corrected chi connectivity index (χ4v) is 3.68. The third-order valence-electron chi connectivity index (χ3n) is 5.09. The second-order valence-corrected chi connectivity index (χ2v) is 7.73. The van der Waals surface area contributed by atoms with E-state index in [2.05, 4.69) is 10.1 Å². The molecular weight excluding hydrogens is 463 g/mol. The van der Waals surface area contributed by atoms with Crippen molar-refractivity contribution in [1.29, 1.82) is 0 Å². The normalized spacial score (nSPS) is 14.2. The van der Waals surface area contributed by atoms with Crippen LogP contribution in [0.1, 0.15) is 16.7 Å². The topological polar surface area (TPSA) is 90.7 Å². The minimum absolute atomic E-state index is 0. The van der Waals surface area contributed by atoms with Crippen LogP contribution in [0.25, 0.3) is 11.6 Å². The van der Waals surface area contributed by atoms with E-state index in [1.807, 2.05) is 42.5 Å². The summed E-state index contributed by atoms with van der Waals surface area (Å²) >= 11 is 6.43. The van der Waals surface area contributed by atoms with Gasteiger partial charge in [0.25, 0.3) is 5.91 Å². The number of hydrogen-bond donors (Lipinski definition) is 2. The predicted molar refractivity (Wildman–Crippen MR) is 132 cm³/mol. The Balaban J connectivity index is 0.00000306. The molecule has 3 N–H and O–H groups in total. The van der Waals surface area contributed by atoms with Crippen LogP contribution in [0.5, 0.6) is 11.5 Å². The Morgan fingerprint density at radius 1 is 1.12 bits per heavy atom. The van der Waals surface area contributed by atoms with Crippen molar-refractivity contribution in [3.63, 3.8) is 0 Å². The third-order valence-corrected chi connectivity index (χ3v) is 5.38. The van der Waals surface area contributed by atoms with Gasteiger partial charge >= 0.3 is 5.97 Å². The van der Waals surface area contributed by atoms with E-state index in [0.717, 1.165) is 22.4 Å². The van der Waals surface area contributed by atoms with Crippen LogP contribution < -0.4 is 15.8 Å². The van der Waals surface area contributed by atoms with Crippen molar-refractivity contribution >= 4 is 53.2 Å². The number of esters is 1. The summed E-state index contributed by atoms with van der Waals surface area (Å²) in [6.45, 7) is 0. The number of amides is 1. The number of hydrogen-bond acceptors (Lipinski definition) is 5. The Morgan fingerprint density at radius 2 is 1.85 bits per heavy atom. The average Bonchev–Trinajstić information content (AvgIpc) is 3.11. The number of anilines is 1. The van der Waals surface area contributed by atoms with Gasteiger partial charge in [-0.1, -0.05) is 48.0 Å². The second-order valence-electron chi connectivity index (χ2n) is 7.33. The van der Waals surface area contributed by atoms with Crippen molar-refractivity contribution in [3.05, 3.63) is 88.4 Å². The highest BCUT2D eigenvalue weighted by atomic mass is 35.5. The van der Waals surface area contributed by atoms with Gasteiger partial charge in [-0.05, 0) is 54.0 Å². The SMILES string of the molecule is COC(=O)C(N)Cc1ccc(Oc2ccc(/C=C3/C(=O)Nc4ccccc43)cc2Cl)cc1.Cl. The van der Waals surface area contributed by atoms with Crippen LogP contribution in [-0.2, 0) is 20.7 Å². The van der Waals surface area contributed by atoms with Crippen LogP contribution in [0.4, 0.5) is 5.69 Å². The lowest BCUT2D eigenvalue weighted by atomic mass is 10.0. The Hall–Kier alpha value is -3.32. The van der Waals surface area contributed by atoms with Crippen molar-refractivity contribution in [2.75, 3.05) is 12.4 Å². The number of carbonyl (C=O) groups excluding carboxylic acids is 2. The molecule has 0 bridgehead atoms. The van der Waals surface area contributed by atoms with Crippen molar-refractivity contribution < 1.29 is 19.1 Å². The van der Waals surface area contributed by atoms with E-state index >= 15 is 0 Å². The van der Waals surface area contributed by atoms with Crippen LogP contribution in [0, 0.1) is 0 Å². The number of benzene rings is 3. The zero-order valence-corrected chi connectivity index (χ0v) is 19.3. The standard InChI is InChI=1S/C25H21ClN2O4.ClH/c1-31-25(30)21(27)14-15-6-9-17(10-7-15)32-23-11-8-16(13-20(23)26)12-19-18-4-2-3-5-22(18)28-24(19)29;/h2-13,21H,14,27H2,1H3,(H,28,29);1H/b19-12+;. The summed E-state index contributed by atoms with van der Waals surface area (Å²) < 4.78 is 10.5. The van der Waals surface area contributed by atoms with Crippen LogP contribution in [0.15, 0.2) is 66.7 Å². The lowest BCUT2D eigenvalue weighted by Crippen LogP contribution is -2.33. The summed E-state index contributed by atoms with van der Waals surface area (Å²) in [5, 5.41) is 3.27. The van der Waals surface area contributed by atoms with Gasteiger partial charge in [-0.2, -0.15) is 0 Å². The first-order valence-corrected chi connectivity index (χ1v) is 10.3. The first kappa shape index (κ1) is 24.3. The fourth-order valence-electron chi connectivity index (χ4n) is 3.45. The van der Waals surface area contributed by atoms with Crippen molar-refractivity contribution in [3.8, 4) is 11.5 Å². The van der Waals surface area contributed by atoms with Crippen LogP contribution >= 0.6 is 24.0 Å². The number of ether oxygens (including phenoxy) is 2. The Bertz CT molecular complexity index is 1210. The largest absolute Gasteiger partial charge is 0.468 e. The van der Waals surface area contributed by atoms with Gasteiger partial charge < -0.3 is 20.5 Å². The van der Waals surface area contributed by atoms with Gasteiger partial charge in [0.05, 0.1) is 12.1 Å². The molecule has 0 saturated heterocycles. The monoisotopic (exact) mass is 484 g/mol. The minimum Gasteiger partial charge on any atom is -0.468 e. The maximum Gasteiger partial charge on any atom is 0.322 e. The highest BCUT2D eigenvalue weighted by Gasteiger charge is 2.23. The molecule has 1 amide bonds. The molecule has 0 spiro atoms. The first-order chi connectivity index (χ1) is 15.4. The van der Waals surface area contributed by atoms with E-state index in [4.69, 9.17) is 22.1 Å². The molecule has 3 aromatic rings. The van der Waals surface area contributed by atoms with Gasteiger partial charge in [0.2, 0.25) is 0 Å². The molecule has 33 heavy (non-hydrogen) atoms. The molecule has 1 aliphatic rings. The zero-order chi connectivity index (χ0) is 22.7. The summed E-state index contributed by atoms with van der Waals surface area (Å²) in [7, 11) is 1.31. The number of nitrogens with two attached hydrogens (primary N) is 1. The van der Waals surface area contributed by atoms with Crippen molar-refractivity contribution in [1.82, 2.24) is 0 Å². The molecule has 0 radical (unpaired) electrons. The molecule has 3 aromatic carbocycles. The molecule has 1 aliphatic heterocycles. The maximum atomic E-state index is 12.3. The van der Waals surface area contributed by atoms with Gasteiger partial charge in [-0.3, -0.25) is 9.59 Å². The van der Waals surface area contributed by atoms with Crippen LogP contribution in [0.2, 0.25) is 5.02 Å². The summed E-state index contributed by atoms with van der Waals surface area (Å²) in [6.07, 6.45) is 2.17. The van der Waals surface area contributed by atoms with Crippen molar-refractivity contribution in [2.24, 2.45) is 5.73 Å². The van der Waals surface area contributed by atoms with Gasteiger partial charge in [-0.25, -0.2) is 0 Å². The van der Waals surface area contributed by atoms with E-state index in [9.17, 15) is 9.59 Å². The number of methoxy groups -OCH3 is 1. The number of rotatable bonds is 6. The third kappa shape index (κ3) is 5.54. The van der Waals surface area contributed by atoms with Gasteiger partial charge in [0, 0.05) is 16.8 Å². The van der Waals surface area contributed by atoms with Gasteiger partial charge in [-0.15, -0.1) is 12.4 Å². The van der Waals surface area contributed by atoms with E-state index in [0.29, 0.717) is 28.5 Å². The van der Waals surface area contributed by atoms with Gasteiger partial charge in [0.15, 0.2) is 0 Å². The quantitative estimate of drug-likeness (QED) is 0.375. The Kier molecular flexibility index (Phi) is 7.76. The molecule has 1 unspecified atom stereocenters. The van der Waals surface area contributed by atoms with Crippen LogP contribution in [0.3, 0.4) is 0 Å². The molecule has 8 heteroatoms. The van der Waals surface area contributed by atoms with Crippen molar-refractivity contribution in [2.45, 2.75) is 12.5 Å². The molecular formula is C25H22Cl2N2O4. The molecule has 1 atom stereocenters. The smallest absolute Gasteiger partial charge is 0.322 e. The van der Waals surface area contributed by atoms with E-state index in [-0.39, 0.29) is 18.3 Å². The first-order valence-electron chi connectivity index (χ1n) is 9.97.